The maximum atomic E-state index is 12.4. The standard InChI is InChI=1S/C14H25N3O3/c1-10-7-17(9-12(10)13(18)19)14(20)16(3)8-11-5-4-6-15(11)2/h10-12H,4-9H2,1-3H3,(H,18,19). The third kappa shape index (κ3) is 3.06. The number of likely N-dealkylation sites (tertiary alicyclic amines) is 2. The Labute approximate surface area is 120 Å². The average Bonchev–Trinajstić information content (AvgIpc) is 2.95. The van der Waals surface area contributed by atoms with Crippen LogP contribution in [0.15, 0.2) is 0 Å². The molecule has 6 heteroatoms. The number of rotatable bonds is 3. The predicted molar refractivity (Wildman–Crippen MR) is 75.5 cm³/mol. The first-order chi connectivity index (χ1) is 9.40. The van der Waals surface area contributed by atoms with Gasteiger partial charge in [0.2, 0.25) is 0 Å². The molecule has 1 N–H and O–H groups in total. The number of hydrogen-bond acceptors (Lipinski definition) is 3. The van der Waals surface area contributed by atoms with E-state index in [0.717, 1.165) is 19.5 Å². The van der Waals surface area contributed by atoms with E-state index in [0.29, 0.717) is 19.1 Å². The molecule has 3 atom stereocenters. The quantitative estimate of drug-likeness (QED) is 0.831. The van der Waals surface area contributed by atoms with E-state index in [1.807, 2.05) is 14.0 Å². The summed E-state index contributed by atoms with van der Waals surface area (Å²) in [5.74, 6) is -1.20. The highest BCUT2D eigenvalue weighted by Gasteiger charge is 2.38. The highest BCUT2D eigenvalue weighted by atomic mass is 16.4. The molecule has 2 heterocycles. The summed E-state index contributed by atoms with van der Waals surface area (Å²) in [4.78, 5) is 29.2. The lowest BCUT2D eigenvalue weighted by Crippen LogP contribution is -2.45. The third-order valence-corrected chi connectivity index (χ3v) is 4.68. The molecule has 0 spiro atoms. The largest absolute Gasteiger partial charge is 0.481 e. The molecule has 20 heavy (non-hydrogen) atoms. The summed E-state index contributed by atoms with van der Waals surface area (Å²) in [5, 5.41) is 9.13. The van der Waals surface area contributed by atoms with Gasteiger partial charge in [-0.2, -0.15) is 0 Å². The zero-order chi connectivity index (χ0) is 14.9. The van der Waals surface area contributed by atoms with Crippen LogP contribution in [0.1, 0.15) is 19.8 Å². The van der Waals surface area contributed by atoms with E-state index in [1.165, 1.54) is 6.42 Å². The van der Waals surface area contributed by atoms with Gasteiger partial charge < -0.3 is 19.8 Å². The first-order valence-corrected chi connectivity index (χ1v) is 7.33. The molecule has 2 aliphatic heterocycles. The van der Waals surface area contributed by atoms with E-state index < -0.39 is 11.9 Å². The zero-order valence-corrected chi connectivity index (χ0v) is 12.6. The van der Waals surface area contributed by atoms with Gasteiger partial charge in [0.15, 0.2) is 0 Å². The normalized spacial score (nSPS) is 30.8. The Morgan fingerprint density at radius 3 is 2.55 bits per heavy atom. The van der Waals surface area contributed by atoms with Crippen molar-refractivity contribution < 1.29 is 14.7 Å². The average molecular weight is 283 g/mol. The summed E-state index contributed by atoms with van der Waals surface area (Å²) in [6.45, 7) is 4.59. The molecule has 2 amide bonds. The molecule has 0 radical (unpaired) electrons. The van der Waals surface area contributed by atoms with Crippen LogP contribution in [0, 0.1) is 11.8 Å². The van der Waals surface area contributed by atoms with Gasteiger partial charge in [0.25, 0.3) is 0 Å². The molecule has 2 rings (SSSR count). The number of hydrogen-bond donors (Lipinski definition) is 1. The van der Waals surface area contributed by atoms with Crippen molar-refractivity contribution in [3.8, 4) is 0 Å². The minimum Gasteiger partial charge on any atom is -0.481 e. The molecule has 0 aliphatic carbocycles. The van der Waals surface area contributed by atoms with Crippen molar-refractivity contribution in [1.82, 2.24) is 14.7 Å². The van der Waals surface area contributed by atoms with Crippen molar-refractivity contribution >= 4 is 12.0 Å². The lowest BCUT2D eigenvalue weighted by Gasteiger charge is -2.29. The lowest BCUT2D eigenvalue weighted by atomic mass is 9.99. The molecule has 2 aliphatic rings. The Hall–Kier alpha value is -1.30. The van der Waals surface area contributed by atoms with Crippen LogP contribution in [0.25, 0.3) is 0 Å². The van der Waals surface area contributed by atoms with E-state index in [4.69, 9.17) is 5.11 Å². The Morgan fingerprint density at radius 2 is 2.05 bits per heavy atom. The highest BCUT2D eigenvalue weighted by molar-refractivity contribution is 5.77. The second kappa shape index (κ2) is 5.99. The van der Waals surface area contributed by atoms with E-state index in [2.05, 4.69) is 11.9 Å². The van der Waals surface area contributed by atoms with Gasteiger partial charge >= 0.3 is 12.0 Å². The van der Waals surface area contributed by atoms with Gasteiger partial charge in [-0.25, -0.2) is 4.79 Å². The number of aliphatic carboxylic acids is 1. The van der Waals surface area contributed by atoms with Gasteiger partial charge in [0, 0.05) is 32.7 Å². The summed E-state index contributed by atoms with van der Waals surface area (Å²) in [7, 11) is 3.90. The summed E-state index contributed by atoms with van der Waals surface area (Å²) >= 11 is 0. The van der Waals surface area contributed by atoms with Crippen molar-refractivity contribution in [3.05, 3.63) is 0 Å². The number of carbonyl (C=O) groups excluding carboxylic acids is 1. The highest BCUT2D eigenvalue weighted by Crippen LogP contribution is 2.24. The van der Waals surface area contributed by atoms with Crippen LogP contribution < -0.4 is 0 Å². The Balaban J connectivity index is 1.89. The van der Waals surface area contributed by atoms with Gasteiger partial charge in [-0.1, -0.05) is 6.92 Å². The molecule has 0 bridgehead atoms. The maximum Gasteiger partial charge on any atom is 0.319 e. The van der Waals surface area contributed by atoms with Gasteiger partial charge in [-0.3, -0.25) is 4.79 Å². The predicted octanol–water partition coefficient (Wildman–Crippen LogP) is 0.785. The van der Waals surface area contributed by atoms with Crippen molar-refractivity contribution in [2.75, 3.05) is 40.3 Å². The van der Waals surface area contributed by atoms with E-state index >= 15 is 0 Å². The Morgan fingerprint density at radius 1 is 1.35 bits per heavy atom. The molecule has 0 aromatic carbocycles. The third-order valence-electron chi connectivity index (χ3n) is 4.68. The first-order valence-electron chi connectivity index (χ1n) is 7.33. The van der Waals surface area contributed by atoms with Crippen LogP contribution in [0.3, 0.4) is 0 Å². The lowest BCUT2D eigenvalue weighted by molar-refractivity contribution is -0.142. The van der Waals surface area contributed by atoms with Crippen LogP contribution in [-0.2, 0) is 4.79 Å². The summed E-state index contributed by atoms with van der Waals surface area (Å²) < 4.78 is 0. The molecule has 2 fully saturated rings. The molecule has 0 aromatic heterocycles. The number of urea groups is 1. The fourth-order valence-electron chi connectivity index (χ4n) is 3.29. The number of carboxylic acids is 1. The molecular weight excluding hydrogens is 258 g/mol. The van der Waals surface area contributed by atoms with Crippen molar-refractivity contribution in [1.29, 1.82) is 0 Å². The van der Waals surface area contributed by atoms with Crippen LogP contribution in [0.4, 0.5) is 4.79 Å². The monoisotopic (exact) mass is 283 g/mol. The van der Waals surface area contributed by atoms with Gasteiger partial charge in [0.1, 0.15) is 0 Å². The fourth-order valence-corrected chi connectivity index (χ4v) is 3.29. The minimum atomic E-state index is -0.800. The summed E-state index contributed by atoms with van der Waals surface area (Å²) in [5.41, 5.74) is 0. The van der Waals surface area contributed by atoms with Crippen molar-refractivity contribution in [2.45, 2.75) is 25.8 Å². The Bertz CT molecular complexity index is 388. The zero-order valence-electron chi connectivity index (χ0n) is 12.6. The van der Waals surface area contributed by atoms with Crippen LogP contribution in [0.2, 0.25) is 0 Å². The second-order valence-electron chi connectivity index (χ2n) is 6.27. The van der Waals surface area contributed by atoms with Crippen LogP contribution in [0.5, 0.6) is 0 Å². The van der Waals surface area contributed by atoms with Crippen molar-refractivity contribution in [2.24, 2.45) is 11.8 Å². The smallest absolute Gasteiger partial charge is 0.319 e. The molecule has 6 nitrogen and oxygen atoms in total. The first kappa shape index (κ1) is 15.1. The number of carboxylic acid groups (broad SMARTS) is 1. The second-order valence-corrected chi connectivity index (χ2v) is 6.27. The van der Waals surface area contributed by atoms with E-state index in [-0.39, 0.29) is 11.9 Å². The van der Waals surface area contributed by atoms with Gasteiger partial charge in [0.05, 0.1) is 5.92 Å². The summed E-state index contributed by atoms with van der Waals surface area (Å²) in [6.07, 6.45) is 2.31. The van der Waals surface area contributed by atoms with Crippen LogP contribution in [-0.4, -0.2) is 78.1 Å². The minimum absolute atomic E-state index is 0.0269. The molecule has 3 unspecified atom stereocenters. The topological polar surface area (TPSA) is 64.1 Å². The number of amides is 2. The van der Waals surface area contributed by atoms with Crippen molar-refractivity contribution in [3.63, 3.8) is 0 Å². The SMILES string of the molecule is CC1CN(C(=O)N(C)CC2CCCN2C)CC1C(=O)O. The van der Waals surface area contributed by atoms with Gasteiger partial charge in [-0.05, 0) is 32.4 Å². The maximum absolute atomic E-state index is 12.4. The molecule has 0 aromatic rings. The van der Waals surface area contributed by atoms with Gasteiger partial charge in [-0.15, -0.1) is 0 Å². The Kier molecular flexibility index (Phi) is 4.52. The molecular formula is C14H25N3O3. The summed E-state index contributed by atoms with van der Waals surface area (Å²) in [6, 6.07) is 0.389. The number of likely N-dealkylation sites (N-methyl/N-ethyl adjacent to an activating group) is 2. The molecule has 2 saturated heterocycles. The van der Waals surface area contributed by atoms with Crippen LogP contribution >= 0.6 is 0 Å². The molecule has 114 valence electrons. The molecule has 0 saturated carbocycles. The van der Waals surface area contributed by atoms with E-state index in [9.17, 15) is 9.59 Å². The van der Waals surface area contributed by atoms with E-state index in [1.54, 1.807) is 9.80 Å². The number of nitrogens with zero attached hydrogens (tertiary/aromatic N) is 3. The number of carbonyl (C=O) groups is 2. The fraction of sp³-hybridized carbons (Fsp3) is 0.857.